The molecule has 2 aromatic carbocycles. The van der Waals surface area contributed by atoms with Crippen molar-refractivity contribution < 1.29 is 9.47 Å². The summed E-state index contributed by atoms with van der Waals surface area (Å²) in [5.41, 5.74) is 2.38. The van der Waals surface area contributed by atoms with Gasteiger partial charge in [-0.1, -0.05) is 49.4 Å². The summed E-state index contributed by atoms with van der Waals surface area (Å²) in [6.45, 7) is 2.16. The van der Waals surface area contributed by atoms with Gasteiger partial charge in [0, 0.05) is 6.07 Å². The van der Waals surface area contributed by atoms with E-state index in [1.54, 1.807) is 14.2 Å². The van der Waals surface area contributed by atoms with E-state index in [2.05, 4.69) is 31.2 Å². The first-order chi connectivity index (χ1) is 9.72. The Morgan fingerprint density at radius 1 is 0.900 bits per heavy atom. The summed E-state index contributed by atoms with van der Waals surface area (Å²) in [6, 6.07) is 16.3. The minimum atomic E-state index is 0.291. The zero-order valence-electron chi connectivity index (χ0n) is 12.2. The highest BCUT2D eigenvalue weighted by atomic mass is 16.5. The van der Waals surface area contributed by atoms with E-state index in [0.29, 0.717) is 5.92 Å². The van der Waals surface area contributed by atoms with E-state index >= 15 is 0 Å². The minimum absolute atomic E-state index is 0.291. The molecular formula is C18H20O2. The van der Waals surface area contributed by atoms with Gasteiger partial charge in [0.25, 0.3) is 0 Å². The van der Waals surface area contributed by atoms with Gasteiger partial charge in [0.05, 0.1) is 14.2 Å². The number of ether oxygens (including phenoxy) is 2. The quantitative estimate of drug-likeness (QED) is 0.793. The molecule has 0 saturated heterocycles. The molecule has 104 valence electrons. The molecule has 0 aliphatic heterocycles. The van der Waals surface area contributed by atoms with Gasteiger partial charge in [0.15, 0.2) is 0 Å². The van der Waals surface area contributed by atoms with E-state index in [1.807, 2.05) is 36.4 Å². The number of rotatable bonds is 5. The van der Waals surface area contributed by atoms with Gasteiger partial charge in [-0.05, 0) is 29.2 Å². The van der Waals surface area contributed by atoms with Gasteiger partial charge in [0.2, 0.25) is 0 Å². The Labute approximate surface area is 120 Å². The molecule has 0 saturated carbocycles. The maximum Gasteiger partial charge on any atom is 0.122 e. The van der Waals surface area contributed by atoms with Crippen molar-refractivity contribution in [3.8, 4) is 11.5 Å². The first-order valence-electron chi connectivity index (χ1n) is 6.69. The Hall–Kier alpha value is -2.22. The van der Waals surface area contributed by atoms with Crippen LogP contribution in [0.3, 0.4) is 0 Å². The number of hydrogen-bond donors (Lipinski definition) is 0. The smallest absolute Gasteiger partial charge is 0.122 e. The average Bonchev–Trinajstić information content (AvgIpc) is 2.52. The molecule has 0 spiro atoms. The molecule has 0 bridgehead atoms. The fourth-order valence-electron chi connectivity index (χ4n) is 2.02. The van der Waals surface area contributed by atoms with Crippen LogP contribution >= 0.6 is 0 Å². The van der Waals surface area contributed by atoms with Gasteiger partial charge in [-0.25, -0.2) is 0 Å². The first kappa shape index (κ1) is 14.2. The Morgan fingerprint density at radius 3 is 2.05 bits per heavy atom. The zero-order chi connectivity index (χ0) is 14.4. The fraction of sp³-hybridized carbons (Fsp3) is 0.222. The largest absolute Gasteiger partial charge is 0.497 e. The van der Waals surface area contributed by atoms with Gasteiger partial charge >= 0.3 is 0 Å². The van der Waals surface area contributed by atoms with Crippen LogP contribution in [0.1, 0.15) is 24.0 Å². The molecule has 1 unspecified atom stereocenters. The van der Waals surface area contributed by atoms with Crippen molar-refractivity contribution in [1.82, 2.24) is 0 Å². The van der Waals surface area contributed by atoms with Crippen molar-refractivity contribution in [2.24, 2.45) is 0 Å². The molecule has 0 aliphatic carbocycles. The van der Waals surface area contributed by atoms with Gasteiger partial charge in [0.1, 0.15) is 11.5 Å². The molecule has 20 heavy (non-hydrogen) atoms. The third kappa shape index (κ3) is 3.64. The number of hydrogen-bond acceptors (Lipinski definition) is 2. The highest BCUT2D eigenvalue weighted by Crippen LogP contribution is 2.28. The normalized spacial score (nSPS) is 12.3. The molecule has 2 nitrogen and oxygen atoms in total. The monoisotopic (exact) mass is 268 g/mol. The van der Waals surface area contributed by atoms with E-state index < -0.39 is 0 Å². The molecule has 0 N–H and O–H groups in total. The molecule has 0 aromatic heterocycles. The van der Waals surface area contributed by atoms with Crippen molar-refractivity contribution in [2.75, 3.05) is 14.2 Å². The van der Waals surface area contributed by atoms with Gasteiger partial charge in [-0.2, -0.15) is 0 Å². The van der Waals surface area contributed by atoms with E-state index in [9.17, 15) is 0 Å². The number of methoxy groups -OCH3 is 2. The second-order valence-electron chi connectivity index (χ2n) is 4.70. The van der Waals surface area contributed by atoms with Gasteiger partial charge in [-0.3, -0.25) is 0 Å². The molecule has 2 heteroatoms. The van der Waals surface area contributed by atoms with Crippen molar-refractivity contribution >= 4 is 6.08 Å². The Balaban J connectivity index is 2.20. The number of allylic oxidation sites excluding steroid dienone is 1. The van der Waals surface area contributed by atoms with Crippen LogP contribution in [0.2, 0.25) is 0 Å². The summed E-state index contributed by atoms with van der Waals surface area (Å²) in [5, 5.41) is 0. The molecule has 0 amide bonds. The van der Waals surface area contributed by atoms with Crippen LogP contribution in [0, 0.1) is 0 Å². The average molecular weight is 268 g/mol. The summed E-state index contributed by atoms with van der Waals surface area (Å²) in [5.74, 6) is 1.93. The maximum atomic E-state index is 5.31. The van der Waals surface area contributed by atoms with Crippen molar-refractivity contribution in [3.05, 3.63) is 65.7 Å². The van der Waals surface area contributed by atoms with E-state index in [4.69, 9.17) is 9.47 Å². The van der Waals surface area contributed by atoms with E-state index in [-0.39, 0.29) is 0 Å². The van der Waals surface area contributed by atoms with Gasteiger partial charge < -0.3 is 9.47 Å². The SMILES string of the molecule is COc1cc(OC)cc(C(C)/C=C/c2ccccc2)c1. The van der Waals surface area contributed by atoms with Gasteiger partial charge in [-0.15, -0.1) is 0 Å². The molecule has 0 radical (unpaired) electrons. The second kappa shape index (κ2) is 6.80. The lowest BCUT2D eigenvalue weighted by atomic mass is 9.99. The minimum Gasteiger partial charge on any atom is -0.497 e. The molecule has 0 aliphatic rings. The lowest BCUT2D eigenvalue weighted by molar-refractivity contribution is 0.393. The summed E-state index contributed by atoms with van der Waals surface area (Å²) in [6.07, 6.45) is 4.32. The van der Waals surface area contributed by atoms with E-state index in [1.165, 1.54) is 11.1 Å². The summed E-state index contributed by atoms with van der Waals surface area (Å²) < 4.78 is 10.6. The third-order valence-electron chi connectivity index (χ3n) is 3.28. The van der Waals surface area contributed by atoms with Crippen molar-refractivity contribution in [1.29, 1.82) is 0 Å². The van der Waals surface area contributed by atoms with Crippen LogP contribution in [-0.2, 0) is 0 Å². The van der Waals surface area contributed by atoms with Crippen LogP contribution in [0.15, 0.2) is 54.6 Å². The first-order valence-corrected chi connectivity index (χ1v) is 6.69. The Kier molecular flexibility index (Phi) is 4.83. The van der Waals surface area contributed by atoms with Crippen LogP contribution in [0.4, 0.5) is 0 Å². The summed E-state index contributed by atoms with van der Waals surface area (Å²) >= 11 is 0. The van der Waals surface area contributed by atoms with Crippen molar-refractivity contribution in [3.63, 3.8) is 0 Å². The summed E-state index contributed by atoms with van der Waals surface area (Å²) in [7, 11) is 3.34. The van der Waals surface area contributed by atoms with Crippen molar-refractivity contribution in [2.45, 2.75) is 12.8 Å². The fourth-order valence-corrected chi connectivity index (χ4v) is 2.02. The summed E-state index contributed by atoms with van der Waals surface area (Å²) in [4.78, 5) is 0. The molecule has 0 fully saturated rings. The molecular weight excluding hydrogens is 248 g/mol. The predicted octanol–water partition coefficient (Wildman–Crippen LogP) is 4.52. The highest BCUT2D eigenvalue weighted by molar-refractivity contribution is 5.51. The van der Waals surface area contributed by atoms with Crippen LogP contribution in [0.5, 0.6) is 11.5 Å². The standard InChI is InChI=1S/C18H20O2/c1-14(9-10-15-7-5-4-6-8-15)16-11-17(19-2)13-18(12-16)20-3/h4-14H,1-3H3/b10-9+. The second-order valence-corrected chi connectivity index (χ2v) is 4.70. The Morgan fingerprint density at radius 2 is 1.50 bits per heavy atom. The number of benzene rings is 2. The lowest BCUT2D eigenvalue weighted by Crippen LogP contribution is -1.94. The molecule has 2 aromatic rings. The molecule has 1 atom stereocenters. The van der Waals surface area contributed by atoms with E-state index in [0.717, 1.165) is 11.5 Å². The van der Waals surface area contributed by atoms with Crippen LogP contribution in [-0.4, -0.2) is 14.2 Å². The lowest BCUT2D eigenvalue weighted by Gasteiger charge is -2.11. The highest BCUT2D eigenvalue weighted by Gasteiger charge is 2.06. The van der Waals surface area contributed by atoms with Crippen LogP contribution in [0.25, 0.3) is 6.08 Å². The predicted molar refractivity (Wildman–Crippen MR) is 83.4 cm³/mol. The molecule has 0 heterocycles. The topological polar surface area (TPSA) is 18.5 Å². The maximum absolute atomic E-state index is 5.31. The van der Waals surface area contributed by atoms with Crippen LogP contribution < -0.4 is 9.47 Å². The molecule has 2 rings (SSSR count). The Bertz CT molecular complexity index is 551. The third-order valence-corrected chi connectivity index (χ3v) is 3.28. The zero-order valence-corrected chi connectivity index (χ0v) is 12.2.